The number of hydrogen-bond donors (Lipinski definition) is 2. The highest BCUT2D eigenvalue weighted by atomic mass is 16.5. The number of hydrogen-bond acceptors (Lipinski definition) is 3. The van der Waals surface area contributed by atoms with Crippen LogP contribution in [0.15, 0.2) is 54.6 Å². The Balaban J connectivity index is 1.56. The van der Waals surface area contributed by atoms with Gasteiger partial charge in [0.1, 0.15) is 0 Å². The van der Waals surface area contributed by atoms with E-state index in [9.17, 15) is 4.79 Å². The van der Waals surface area contributed by atoms with Crippen LogP contribution in [0.1, 0.15) is 42.5 Å². The summed E-state index contributed by atoms with van der Waals surface area (Å²) in [6.07, 6.45) is 1.94. The zero-order valence-corrected chi connectivity index (χ0v) is 16.7. The molecule has 1 aliphatic heterocycles. The summed E-state index contributed by atoms with van der Waals surface area (Å²) in [5.41, 5.74) is 3.57. The Kier molecular flexibility index (Phi) is 7.88. The van der Waals surface area contributed by atoms with Crippen LogP contribution in [0.4, 0.5) is 4.79 Å². The molecular formula is C23H31N3O2. The van der Waals surface area contributed by atoms with Crippen LogP contribution < -0.4 is 10.6 Å². The average Bonchev–Trinajstić information content (AvgIpc) is 2.74. The Morgan fingerprint density at radius 3 is 2.43 bits per heavy atom. The van der Waals surface area contributed by atoms with Gasteiger partial charge in [-0.1, -0.05) is 67.9 Å². The van der Waals surface area contributed by atoms with Gasteiger partial charge in [-0.05, 0) is 23.1 Å². The lowest BCUT2D eigenvalue weighted by atomic mass is 10.0. The first kappa shape index (κ1) is 20.4. The predicted octanol–water partition coefficient (Wildman–Crippen LogP) is 3.86. The van der Waals surface area contributed by atoms with E-state index < -0.39 is 0 Å². The number of rotatable bonds is 8. The van der Waals surface area contributed by atoms with Crippen molar-refractivity contribution in [3.63, 3.8) is 0 Å². The van der Waals surface area contributed by atoms with Gasteiger partial charge >= 0.3 is 6.03 Å². The number of nitrogens with zero attached hydrogens (tertiary/aromatic N) is 1. The molecule has 0 unspecified atom stereocenters. The molecule has 5 heteroatoms. The smallest absolute Gasteiger partial charge is 0.315 e. The molecule has 0 radical (unpaired) electrons. The molecule has 1 heterocycles. The van der Waals surface area contributed by atoms with Crippen molar-refractivity contribution in [2.24, 2.45) is 0 Å². The Hall–Kier alpha value is -2.37. The molecule has 1 atom stereocenters. The summed E-state index contributed by atoms with van der Waals surface area (Å²) >= 11 is 0. The van der Waals surface area contributed by atoms with Crippen LogP contribution >= 0.6 is 0 Å². The Morgan fingerprint density at radius 1 is 1.04 bits per heavy atom. The van der Waals surface area contributed by atoms with E-state index >= 15 is 0 Å². The van der Waals surface area contributed by atoms with Gasteiger partial charge in [0.25, 0.3) is 0 Å². The number of ether oxygens (including phenoxy) is 1. The molecule has 28 heavy (non-hydrogen) atoms. The van der Waals surface area contributed by atoms with Crippen molar-refractivity contribution in [3.8, 4) is 0 Å². The molecule has 0 bridgehead atoms. The predicted molar refractivity (Wildman–Crippen MR) is 112 cm³/mol. The topological polar surface area (TPSA) is 53.6 Å². The third-order valence-corrected chi connectivity index (χ3v) is 5.14. The van der Waals surface area contributed by atoms with Gasteiger partial charge in [0.2, 0.25) is 0 Å². The minimum absolute atomic E-state index is 0.0368. The molecule has 2 aromatic rings. The minimum Gasteiger partial charge on any atom is -0.379 e. The van der Waals surface area contributed by atoms with Gasteiger partial charge in [0.05, 0.1) is 19.3 Å². The van der Waals surface area contributed by atoms with E-state index in [1.54, 1.807) is 0 Å². The van der Waals surface area contributed by atoms with Gasteiger partial charge in [0, 0.05) is 26.2 Å². The summed E-state index contributed by atoms with van der Waals surface area (Å²) in [7, 11) is 0. The fourth-order valence-electron chi connectivity index (χ4n) is 3.57. The molecule has 150 valence electrons. The van der Waals surface area contributed by atoms with Gasteiger partial charge in [-0.3, -0.25) is 4.90 Å². The maximum Gasteiger partial charge on any atom is 0.315 e. The third kappa shape index (κ3) is 6.08. The molecule has 1 saturated heterocycles. The summed E-state index contributed by atoms with van der Waals surface area (Å²) in [6.45, 7) is 7.06. The van der Waals surface area contributed by atoms with Crippen molar-refractivity contribution in [1.29, 1.82) is 0 Å². The molecule has 0 saturated carbocycles. The van der Waals surface area contributed by atoms with E-state index in [4.69, 9.17) is 4.74 Å². The molecule has 2 N–H and O–H groups in total. The second kappa shape index (κ2) is 10.8. The lowest BCUT2D eigenvalue weighted by Gasteiger charge is -2.27. The number of amides is 2. The average molecular weight is 382 g/mol. The standard InChI is InChI=1S/C23H31N3O2/c1-2-8-22(19-9-4-3-5-10-19)25-23(27)24-17-20-11-6-7-12-21(20)18-26-13-15-28-16-14-26/h3-7,9-12,22H,2,8,13-18H2,1H3,(H2,24,25,27)/t22-/m0/s1. The first-order valence-corrected chi connectivity index (χ1v) is 10.2. The first-order valence-electron chi connectivity index (χ1n) is 10.2. The lowest BCUT2D eigenvalue weighted by Crippen LogP contribution is -2.38. The van der Waals surface area contributed by atoms with Crippen LogP contribution in [-0.4, -0.2) is 37.2 Å². The van der Waals surface area contributed by atoms with Crippen LogP contribution in [-0.2, 0) is 17.8 Å². The van der Waals surface area contributed by atoms with Crippen molar-refractivity contribution in [2.45, 2.75) is 38.9 Å². The Morgan fingerprint density at radius 2 is 1.71 bits per heavy atom. The summed E-state index contributed by atoms with van der Waals surface area (Å²) < 4.78 is 5.43. The van der Waals surface area contributed by atoms with Crippen LogP contribution in [0.25, 0.3) is 0 Å². The fraction of sp³-hybridized carbons (Fsp3) is 0.435. The largest absolute Gasteiger partial charge is 0.379 e. The normalized spacial score (nSPS) is 15.8. The summed E-state index contributed by atoms with van der Waals surface area (Å²) in [5.74, 6) is 0. The maximum atomic E-state index is 12.5. The third-order valence-electron chi connectivity index (χ3n) is 5.14. The zero-order valence-electron chi connectivity index (χ0n) is 16.7. The highest BCUT2D eigenvalue weighted by Crippen LogP contribution is 2.18. The van der Waals surface area contributed by atoms with Gasteiger partial charge in [-0.15, -0.1) is 0 Å². The van der Waals surface area contributed by atoms with Crippen LogP contribution in [0.5, 0.6) is 0 Å². The number of morpholine rings is 1. The number of urea groups is 1. The van der Waals surface area contributed by atoms with Crippen LogP contribution in [0, 0.1) is 0 Å². The summed E-state index contributed by atoms with van der Waals surface area (Å²) in [6, 6.07) is 18.4. The minimum atomic E-state index is -0.122. The van der Waals surface area contributed by atoms with E-state index in [-0.39, 0.29) is 12.1 Å². The molecule has 5 nitrogen and oxygen atoms in total. The molecule has 2 amide bonds. The summed E-state index contributed by atoms with van der Waals surface area (Å²) in [5, 5.41) is 6.17. The lowest BCUT2D eigenvalue weighted by molar-refractivity contribution is 0.0341. The molecule has 1 fully saturated rings. The second-order valence-electron chi connectivity index (χ2n) is 7.24. The number of carbonyl (C=O) groups excluding carboxylic acids is 1. The van der Waals surface area contributed by atoms with E-state index in [2.05, 4.69) is 52.8 Å². The number of benzene rings is 2. The Labute approximate surface area is 168 Å². The van der Waals surface area contributed by atoms with Crippen molar-refractivity contribution < 1.29 is 9.53 Å². The highest BCUT2D eigenvalue weighted by Gasteiger charge is 2.15. The van der Waals surface area contributed by atoms with E-state index in [0.29, 0.717) is 6.54 Å². The van der Waals surface area contributed by atoms with Crippen molar-refractivity contribution in [1.82, 2.24) is 15.5 Å². The van der Waals surface area contributed by atoms with Gasteiger partial charge in [0.15, 0.2) is 0 Å². The van der Waals surface area contributed by atoms with Gasteiger partial charge < -0.3 is 15.4 Å². The van der Waals surface area contributed by atoms with Crippen molar-refractivity contribution >= 4 is 6.03 Å². The number of nitrogens with one attached hydrogen (secondary N) is 2. The molecule has 0 spiro atoms. The van der Waals surface area contributed by atoms with E-state index in [1.165, 1.54) is 5.56 Å². The molecule has 2 aromatic carbocycles. The fourth-order valence-corrected chi connectivity index (χ4v) is 3.57. The van der Waals surface area contributed by atoms with E-state index in [0.717, 1.165) is 56.8 Å². The van der Waals surface area contributed by atoms with Crippen molar-refractivity contribution in [3.05, 3.63) is 71.3 Å². The summed E-state index contributed by atoms with van der Waals surface area (Å²) in [4.78, 5) is 14.9. The molecular weight excluding hydrogens is 350 g/mol. The van der Waals surface area contributed by atoms with Crippen molar-refractivity contribution in [2.75, 3.05) is 26.3 Å². The van der Waals surface area contributed by atoms with Gasteiger partial charge in [-0.25, -0.2) is 4.79 Å². The Bertz CT molecular complexity index is 730. The van der Waals surface area contributed by atoms with Crippen LogP contribution in [0.3, 0.4) is 0 Å². The van der Waals surface area contributed by atoms with Gasteiger partial charge in [-0.2, -0.15) is 0 Å². The highest BCUT2D eigenvalue weighted by molar-refractivity contribution is 5.74. The molecule has 0 aromatic heterocycles. The monoisotopic (exact) mass is 381 g/mol. The molecule has 0 aliphatic carbocycles. The molecule has 1 aliphatic rings. The quantitative estimate of drug-likeness (QED) is 0.730. The maximum absolute atomic E-state index is 12.5. The number of carbonyl (C=O) groups is 1. The van der Waals surface area contributed by atoms with E-state index in [1.807, 2.05) is 24.3 Å². The molecule has 3 rings (SSSR count). The first-order chi connectivity index (χ1) is 13.8. The SMILES string of the molecule is CCC[C@H](NC(=O)NCc1ccccc1CN1CCOCC1)c1ccccc1. The second-order valence-corrected chi connectivity index (χ2v) is 7.24. The van der Waals surface area contributed by atoms with Crippen LogP contribution in [0.2, 0.25) is 0 Å². The zero-order chi connectivity index (χ0) is 19.6.